The van der Waals surface area contributed by atoms with Gasteiger partial charge in [-0.3, -0.25) is 4.79 Å². The van der Waals surface area contributed by atoms with E-state index in [1.54, 1.807) is 6.07 Å². The van der Waals surface area contributed by atoms with Gasteiger partial charge in [0.25, 0.3) is 0 Å². The molecule has 0 unspecified atom stereocenters. The number of ether oxygens (including phenoxy) is 1. The van der Waals surface area contributed by atoms with E-state index in [1.807, 2.05) is 17.0 Å². The molecule has 0 aliphatic carbocycles. The van der Waals surface area contributed by atoms with E-state index in [1.165, 1.54) is 0 Å². The first-order valence-electron chi connectivity index (χ1n) is 8.29. The van der Waals surface area contributed by atoms with E-state index in [-0.39, 0.29) is 5.91 Å². The highest BCUT2D eigenvalue weighted by Crippen LogP contribution is 2.23. The molecule has 1 saturated heterocycles. The summed E-state index contributed by atoms with van der Waals surface area (Å²) in [5.41, 5.74) is 0.972. The minimum absolute atomic E-state index is 0.193. The molecule has 0 atom stereocenters. The highest BCUT2D eigenvalue weighted by molar-refractivity contribution is 6.35. The van der Waals surface area contributed by atoms with Crippen molar-refractivity contribution in [3.05, 3.63) is 33.8 Å². The molecular weight excluding hydrogens is 333 g/mol. The van der Waals surface area contributed by atoms with Crippen LogP contribution in [0.3, 0.4) is 0 Å². The van der Waals surface area contributed by atoms with E-state index in [0.717, 1.165) is 38.1 Å². The molecule has 0 spiro atoms. The number of nitrogens with zero attached hydrogens (tertiary/aromatic N) is 1. The number of piperidine rings is 1. The summed E-state index contributed by atoms with van der Waals surface area (Å²) in [7, 11) is 0. The normalized spacial score (nSPS) is 16.1. The Labute approximate surface area is 148 Å². The zero-order chi connectivity index (χ0) is 16.8. The highest BCUT2D eigenvalue weighted by atomic mass is 35.5. The van der Waals surface area contributed by atoms with Gasteiger partial charge in [0.2, 0.25) is 5.91 Å². The Balaban J connectivity index is 1.74. The molecule has 1 fully saturated rings. The van der Waals surface area contributed by atoms with Gasteiger partial charge in [0.15, 0.2) is 0 Å². The smallest absolute Gasteiger partial charge is 0.222 e. The largest absolute Gasteiger partial charge is 0.378 e. The van der Waals surface area contributed by atoms with Crippen molar-refractivity contribution in [1.29, 1.82) is 0 Å². The van der Waals surface area contributed by atoms with Crippen molar-refractivity contribution in [2.45, 2.75) is 45.6 Å². The fourth-order valence-electron chi connectivity index (χ4n) is 2.72. The Kier molecular flexibility index (Phi) is 7.19. The summed E-state index contributed by atoms with van der Waals surface area (Å²) in [6.45, 7) is 6.68. The molecule has 2 rings (SSSR count). The topological polar surface area (TPSA) is 29.5 Å². The molecule has 0 aromatic heterocycles. The van der Waals surface area contributed by atoms with Gasteiger partial charge in [-0.05, 0) is 42.9 Å². The SMILES string of the molecule is CC(C)COC1CCN(C(=O)CCc2ccc(Cl)cc2Cl)CC1. The van der Waals surface area contributed by atoms with Gasteiger partial charge in [0.1, 0.15) is 0 Å². The number of rotatable bonds is 6. The number of aryl methyl sites for hydroxylation is 1. The van der Waals surface area contributed by atoms with Crippen LogP contribution in [0.2, 0.25) is 10.0 Å². The van der Waals surface area contributed by atoms with Gasteiger partial charge in [-0.1, -0.05) is 43.1 Å². The molecule has 1 amide bonds. The molecule has 128 valence electrons. The molecule has 1 aliphatic rings. The molecule has 0 bridgehead atoms. The number of carbonyl (C=O) groups excluding carboxylic acids is 1. The molecule has 0 N–H and O–H groups in total. The molecule has 5 heteroatoms. The number of benzene rings is 1. The van der Waals surface area contributed by atoms with E-state index in [9.17, 15) is 4.79 Å². The van der Waals surface area contributed by atoms with Gasteiger partial charge < -0.3 is 9.64 Å². The fraction of sp³-hybridized carbons (Fsp3) is 0.611. The van der Waals surface area contributed by atoms with Crippen molar-refractivity contribution < 1.29 is 9.53 Å². The van der Waals surface area contributed by atoms with E-state index in [4.69, 9.17) is 27.9 Å². The zero-order valence-electron chi connectivity index (χ0n) is 13.9. The molecular formula is C18H25Cl2NO2. The van der Waals surface area contributed by atoms with E-state index >= 15 is 0 Å². The van der Waals surface area contributed by atoms with E-state index < -0.39 is 0 Å². The van der Waals surface area contributed by atoms with Gasteiger partial charge in [-0.25, -0.2) is 0 Å². The Morgan fingerprint density at radius 3 is 2.61 bits per heavy atom. The van der Waals surface area contributed by atoms with Crippen molar-refractivity contribution >= 4 is 29.1 Å². The third-order valence-electron chi connectivity index (χ3n) is 4.08. The quantitative estimate of drug-likeness (QED) is 0.744. The molecule has 0 radical (unpaired) electrons. The van der Waals surface area contributed by atoms with Crippen LogP contribution in [0.4, 0.5) is 0 Å². The number of hydrogen-bond donors (Lipinski definition) is 0. The Bertz CT molecular complexity index is 526. The maximum atomic E-state index is 12.3. The van der Waals surface area contributed by atoms with Gasteiger partial charge >= 0.3 is 0 Å². The molecule has 23 heavy (non-hydrogen) atoms. The highest BCUT2D eigenvalue weighted by Gasteiger charge is 2.23. The van der Waals surface area contributed by atoms with Crippen molar-refractivity contribution in [1.82, 2.24) is 4.90 Å². The van der Waals surface area contributed by atoms with Gasteiger partial charge in [-0.2, -0.15) is 0 Å². The second-order valence-electron chi connectivity index (χ2n) is 6.54. The third-order valence-corrected chi connectivity index (χ3v) is 4.67. The minimum atomic E-state index is 0.193. The number of hydrogen-bond acceptors (Lipinski definition) is 2. The van der Waals surface area contributed by atoms with Crippen LogP contribution < -0.4 is 0 Å². The third kappa shape index (κ3) is 5.98. The second kappa shape index (κ2) is 8.91. The second-order valence-corrected chi connectivity index (χ2v) is 7.39. The first kappa shape index (κ1) is 18.6. The Morgan fingerprint density at radius 1 is 1.30 bits per heavy atom. The van der Waals surface area contributed by atoms with Crippen LogP contribution in [-0.2, 0) is 16.0 Å². The van der Waals surface area contributed by atoms with Crippen LogP contribution in [0.15, 0.2) is 18.2 Å². The number of amides is 1. The molecule has 1 aromatic rings. The lowest BCUT2D eigenvalue weighted by Crippen LogP contribution is -2.41. The van der Waals surface area contributed by atoms with E-state index in [2.05, 4.69) is 13.8 Å². The monoisotopic (exact) mass is 357 g/mol. The molecule has 1 aromatic carbocycles. The van der Waals surface area contributed by atoms with Crippen LogP contribution in [0, 0.1) is 5.92 Å². The molecule has 0 saturated carbocycles. The average Bonchev–Trinajstić information content (AvgIpc) is 2.52. The van der Waals surface area contributed by atoms with Crippen LogP contribution >= 0.6 is 23.2 Å². The van der Waals surface area contributed by atoms with E-state index in [0.29, 0.717) is 34.9 Å². The Hall–Kier alpha value is -0.770. The summed E-state index contributed by atoms with van der Waals surface area (Å²) in [5, 5.41) is 1.25. The lowest BCUT2D eigenvalue weighted by atomic mass is 10.1. The lowest BCUT2D eigenvalue weighted by molar-refractivity contribution is -0.133. The lowest BCUT2D eigenvalue weighted by Gasteiger charge is -2.32. The summed E-state index contributed by atoms with van der Waals surface area (Å²) >= 11 is 12.0. The first-order valence-corrected chi connectivity index (χ1v) is 9.04. The van der Waals surface area contributed by atoms with Gasteiger partial charge in [0, 0.05) is 36.2 Å². The van der Waals surface area contributed by atoms with Crippen LogP contribution in [0.25, 0.3) is 0 Å². The average molecular weight is 358 g/mol. The Morgan fingerprint density at radius 2 is 2.00 bits per heavy atom. The fourth-order valence-corrected chi connectivity index (χ4v) is 3.23. The van der Waals surface area contributed by atoms with Crippen LogP contribution in [0.1, 0.15) is 38.7 Å². The first-order chi connectivity index (χ1) is 11.0. The maximum Gasteiger partial charge on any atom is 0.222 e. The predicted molar refractivity (Wildman–Crippen MR) is 95.2 cm³/mol. The molecule has 3 nitrogen and oxygen atoms in total. The van der Waals surface area contributed by atoms with Gasteiger partial charge in [0.05, 0.1) is 6.10 Å². The number of carbonyl (C=O) groups is 1. The molecule has 1 aliphatic heterocycles. The van der Waals surface area contributed by atoms with Crippen LogP contribution in [0.5, 0.6) is 0 Å². The number of likely N-dealkylation sites (tertiary alicyclic amines) is 1. The van der Waals surface area contributed by atoms with Crippen molar-refractivity contribution in [2.75, 3.05) is 19.7 Å². The summed E-state index contributed by atoms with van der Waals surface area (Å²) in [6, 6.07) is 5.43. The van der Waals surface area contributed by atoms with Crippen LogP contribution in [-0.4, -0.2) is 36.6 Å². The summed E-state index contributed by atoms with van der Waals surface area (Å²) < 4.78 is 5.86. The standard InChI is InChI=1S/C18H25Cl2NO2/c1-13(2)12-23-16-7-9-21(10-8-16)18(22)6-4-14-3-5-15(19)11-17(14)20/h3,5,11,13,16H,4,6-10,12H2,1-2H3. The zero-order valence-corrected chi connectivity index (χ0v) is 15.4. The maximum absolute atomic E-state index is 12.3. The van der Waals surface area contributed by atoms with Gasteiger partial charge in [-0.15, -0.1) is 0 Å². The molecule has 1 heterocycles. The number of halogens is 2. The van der Waals surface area contributed by atoms with Crippen molar-refractivity contribution in [2.24, 2.45) is 5.92 Å². The minimum Gasteiger partial charge on any atom is -0.378 e. The van der Waals surface area contributed by atoms with Crippen molar-refractivity contribution in [3.8, 4) is 0 Å². The summed E-state index contributed by atoms with van der Waals surface area (Å²) in [4.78, 5) is 14.3. The predicted octanol–water partition coefficient (Wildman–Crippen LogP) is 4.59. The summed E-state index contributed by atoms with van der Waals surface area (Å²) in [5.74, 6) is 0.747. The summed E-state index contributed by atoms with van der Waals surface area (Å²) in [6.07, 6.45) is 3.30. The van der Waals surface area contributed by atoms with Crippen molar-refractivity contribution in [3.63, 3.8) is 0 Å².